The van der Waals surface area contributed by atoms with E-state index in [0.717, 1.165) is 4.90 Å². The van der Waals surface area contributed by atoms with Gasteiger partial charge in [-0.2, -0.15) is 18.3 Å². The van der Waals surface area contributed by atoms with Crippen molar-refractivity contribution in [1.82, 2.24) is 20.1 Å². The summed E-state index contributed by atoms with van der Waals surface area (Å²) in [5.74, 6) is -0.837. The number of halogens is 5. The number of alkyl halides is 3. The van der Waals surface area contributed by atoms with Crippen molar-refractivity contribution in [3.63, 3.8) is 0 Å². The van der Waals surface area contributed by atoms with Crippen LogP contribution in [0.5, 0.6) is 0 Å². The van der Waals surface area contributed by atoms with Gasteiger partial charge in [0.05, 0.1) is 17.1 Å². The van der Waals surface area contributed by atoms with Crippen molar-refractivity contribution >= 4 is 35.1 Å². The van der Waals surface area contributed by atoms with E-state index in [9.17, 15) is 22.4 Å². The van der Waals surface area contributed by atoms with E-state index in [4.69, 9.17) is 4.42 Å². The van der Waals surface area contributed by atoms with E-state index in [2.05, 4.69) is 15.4 Å². The molecular formula is C23H20ClF4N5O2. The SMILES string of the molecule is Cc1nc2cc(F)c(N(C)C(=O)c3cccc(-n4nc(C(F)(F)F)c5c4CCNC5)c3)cc2o1.Cl. The monoisotopic (exact) mass is 509 g/mol. The smallest absolute Gasteiger partial charge is 0.435 e. The standard InChI is InChI=1S/C23H19F4N5O2.ClH/c1-12-29-17-9-16(24)19(10-20(17)34-12)31(2)22(33)13-4-3-5-14(8-13)32-18-6-7-28-11-15(18)21(30-32)23(25,26)27;/h3-5,8-10,28H,6-7,11H2,1-2H3;1H. The lowest BCUT2D eigenvalue weighted by Crippen LogP contribution is -2.27. The Labute approximate surface area is 203 Å². The van der Waals surface area contributed by atoms with Crippen LogP contribution in [0.25, 0.3) is 16.8 Å². The molecule has 12 heteroatoms. The first kappa shape index (κ1) is 24.7. The number of aryl methyl sites for hydroxylation is 1. The molecule has 1 N–H and O–H groups in total. The van der Waals surface area contributed by atoms with E-state index >= 15 is 0 Å². The first-order valence-electron chi connectivity index (χ1n) is 10.5. The highest BCUT2D eigenvalue weighted by molar-refractivity contribution is 6.06. The summed E-state index contributed by atoms with van der Waals surface area (Å²) in [7, 11) is 1.41. The summed E-state index contributed by atoms with van der Waals surface area (Å²) < 4.78 is 62.0. The van der Waals surface area contributed by atoms with Crippen molar-refractivity contribution in [3.05, 3.63) is 70.6 Å². The van der Waals surface area contributed by atoms with Gasteiger partial charge in [-0.15, -0.1) is 12.4 Å². The van der Waals surface area contributed by atoms with Gasteiger partial charge in [0.25, 0.3) is 5.91 Å². The van der Waals surface area contributed by atoms with Crippen LogP contribution in [0.4, 0.5) is 23.2 Å². The normalized spacial score (nSPS) is 13.4. The zero-order chi connectivity index (χ0) is 24.2. The second-order valence-corrected chi connectivity index (χ2v) is 8.03. The molecule has 5 rings (SSSR count). The summed E-state index contributed by atoms with van der Waals surface area (Å²) >= 11 is 0. The Kier molecular flexibility index (Phi) is 6.32. The number of benzene rings is 2. The third kappa shape index (κ3) is 4.37. The Balaban J connectivity index is 0.00000289. The highest BCUT2D eigenvalue weighted by Crippen LogP contribution is 2.35. The number of hydrogen-bond acceptors (Lipinski definition) is 5. The maximum atomic E-state index is 14.7. The van der Waals surface area contributed by atoms with Gasteiger partial charge in [0.2, 0.25) is 0 Å². The fraction of sp³-hybridized carbons (Fsp3) is 0.261. The quantitative estimate of drug-likeness (QED) is 0.401. The maximum Gasteiger partial charge on any atom is 0.435 e. The molecule has 0 aliphatic carbocycles. The molecule has 1 aliphatic heterocycles. The zero-order valence-electron chi connectivity index (χ0n) is 18.6. The molecule has 0 bridgehead atoms. The molecule has 0 atom stereocenters. The number of fused-ring (bicyclic) bond motifs is 2. The lowest BCUT2D eigenvalue weighted by molar-refractivity contribution is -0.142. The molecule has 4 aromatic rings. The van der Waals surface area contributed by atoms with Crippen molar-refractivity contribution in [2.75, 3.05) is 18.5 Å². The molecule has 35 heavy (non-hydrogen) atoms. The molecule has 0 unspecified atom stereocenters. The van der Waals surface area contributed by atoms with E-state index in [1.165, 1.54) is 36.0 Å². The van der Waals surface area contributed by atoms with Gasteiger partial charge in [0.15, 0.2) is 17.2 Å². The van der Waals surface area contributed by atoms with Crippen molar-refractivity contribution in [2.45, 2.75) is 26.1 Å². The molecule has 7 nitrogen and oxygen atoms in total. The molecule has 0 saturated heterocycles. The van der Waals surface area contributed by atoms with E-state index in [1.54, 1.807) is 19.1 Å². The molecule has 0 spiro atoms. The van der Waals surface area contributed by atoms with Crippen molar-refractivity contribution in [3.8, 4) is 5.69 Å². The summed E-state index contributed by atoms with van der Waals surface area (Å²) in [6, 6.07) is 8.67. The number of oxazole rings is 1. The average molecular weight is 510 g/mol. The fourth-order valence-corrected chi connectivity index (χ4v) is 4.17. The Bertz CT molecular complexity index is 1430. The van der Waals surface area contributed by atoms with E-state index in [-0.39, 0.29) is 35.8 Å². The third-order valence-corrected chi connectivity index (χ3v) is 5.77. The molecule has 1 aliphatic rings. The lowest BCUT2D eigenvalue weighted by Gasteiger charge is -2.19. The minimum absolute atomic E-state index is 0. The van der Waals surface area contributed by atoms with Crippen molar-refractivity contribution in [1.29, 1.82) is 0 Å². The number of hydrogen-bond donors (Lipinski definition) is 1. The van der Waals surface area contributed by atoms with Crippen LogP contribution in [0.15, 0.2) is 40.8 Å². The van der Waals surface area contributed by atoms with Crippen LogP contribution in [0.1, 0.15) is 33.2 Å². The summed E-state index contributed by atoms with van der Waals surface area (Å²) in [5, 5.41) is 6.77. The molecule has 0 fully saturated rings. The van der Waals surface area contributed by atoms with Crippen LogP contribution in [-0.4, -0.2) is 34.3 Å². The number of nitrogens with one attached hydrogen (secondary N) is 1. The summed E-state index contributed by atoms with van der Waals surface area (Å²) in [6.45, 7) is 2.21. The van der Waals surface area contributed by atoms with E-state index < -0.39 is 23.6 Å². The van der Waals surface area contributed by atoms with Gasteiger partial charge in [-0.3, -0.25) is 4.79 Å². The van der Waals surface area contributed by atoms with Crippen molar-refractivity contribution in [2.24, 2.45) is 0 Å². The van der Waals surface area contributed by atoms with Crippen LogP contribution in [-0.2, 0) is 19.1 Å². The molecule has 3 heterocycles. The van der Waals surface area contributed by atoms with Gasteiger partial charge in [-0.25, -0.2) is 14.1 Å². The molecule has 2 aromatic carbocycles. The molecule has 2 aromatic heterocycles. The van der Waals surface area contributed by atoms with Crippen molar-refractivity contribution < 1.29 is 26.8 Å². The number of carbonyl (C=O) groups is 1. The van der Waals surface area contributed by atoms with Crippen LogP contribution in [0, 0.1) is 12.7 Å². The predicted octanol–water partition coefficient (Wildman–Crippen LogP) is 4.82. The number of rotatable bonds is 3. The van der Waals surface area contributed by atoms with Crippen LogP contribution >= 0.6 is 12.4 Å². The first-order chi connectivity index (χ1) is 16.1. The Morgan fingerprint density at radius 3 is 2.74 bits per heavy atom. The first-order valence-corrected chi connectivity index (χ1v) is 10.5. The van der Waals surface area contributed by atoms with E-state index in [1.807, 2.05) is 0 Å². The van der Waals surface area contributed by atoms with Gasteiger partial charge in [0.1, 0.15) is 11.3 Å². The number of anilines is 1. The van der Waals surface area contributed by atoms with Crippen LogP contribution in [0.3, 0.4) is 0 Å². The number of aromatic nitrogens is 3. The molecule has 1 amide bonds. The highest BCUT2D eigenvalue weighted by atomic mass is 35.5. The van der Waals surface area contributed by atoms with Gasteiger partial charge >= 0.3 is 6.18 Å². The number of carbonyl (C=O) groups excluding carboxylic acids is 1. The minimum Gasteiger partial charge on any atom is -0.441 e. The van der Waals surface area contributed by atoms with Gasteiger partial charge in [0, 0.05) is 56.7 Å². The highest BCUT2D eigenvalue weighted by Gasteiger charge is 2.39. The minimum atomic E-state index is -4.60. The Morgan fingerprint density at radius 2 is 2.00 bits per heavy atom. The van der Waals surface area contributed by atoms with Crippen LogP contribution < -0.4 is 10.2 Å². The summed E-state index contributed by atoms with van der Waals surface area (Å²) in [5.41, 5.74) is 0.738. The second kappa shape index (κ2) is 8.97. The molecule has 184 valence electrons. The topological polar surface area (TPSA) is 76.2 Å². The number of amides is 1. The largest absolute Gasteiger partial charge is 0.441 e. The predicted molar refractivity (Wildman–Crippen MR) is 123 cm³/mol. The summed E-state index contributed by atoms with van der Waals surface area (Å²) in [6.07, 6.45) is -4.24. The van der Waals surface area contributed by atoms with Gasteiger partial charge in [-0.05, 0) is 18.2 Å². The zero-order valence-corrected chi connectivity index (χ0v) is 19.4. The van der Waals surface area contributed by atoms with Crippen LogP contribution in [0.2, 0.25) is 0 Å². The molecule has 0 radical (unpaired) electrons. The van der Waals surface area contributed by atoms with E-state index in [0.29, 0.717) is 41.3 Å². The third-order valence-electron chi connectivity index (χ3n) is 5.77. The van der Waals surface area contributed by atoms with Gasteiger partial charge < -0.3 is 14.6 Å². The second-order valence-electron chi connectivity index (χ2n) is 8.03. The molecule has 0 saturated carbocycles. The Morgan fingerprint density at radius 1 is 1.23 bits per heavy atom. The van der Waals surface area contributed by atoms with Gasteiger partial charge in [-0.1, -0.05) is 6.07 Å². The molecular weight excluding hydrogens is 490 g/mol. The Hall–Kier alpha value is -3.44. The fourth-order valence-electron chi connectivity index (χ4n) is 4.17. The average Bonchev–Trinajstić information content (AvgIpc) is 3.37. The maximum absolute atomic E-state index is 14.7. The summed E-state index contributed by atoms with van der Waals surface area (Å²) in [4.78, 5) is 18.4. The lowest BCUT2D eigenvalue weighted by atomic mass is 10.1. The number of nitrogens with zero attached hydrogens (tertiary/aromatic N) is 4.